The van der Waals surface area contributed by atoms with Crippen molar-refractivity contribution in [1.82, 2.24) is 9.59 Å². The molecule has 0 aliphatic carbocycles. The summed E-state index contributed by atoms with van der Waals surface area (Å²) in [5.41, 5.74) is 10.7. The van der Waals surface area contributed by atoms with Crippen LogP contribution in [0.2, 0.25) is 0 Å². The fourth-order valence-corrected chi connectivity index (χ4v) is 2.86. The predicted molar refractivity (Wildman–Crippen MR) is 82.6 cm³/mol. The summed E-state index contributed by atoms with van der Waals surface area (Å²) in [6.45, 7) is 1.94. The molecule has 0 aliphatic rings. The number of hydrogen-bond donors (Lipinski definition) is 1. The van der Waals surface area contributed by atoms with Gasteiger partial charge < -0.3 is 5.73 Å². The summed E-state index contributed by atoms with van der Waals surface area (Å²) in [4.78, 5) is 1.03. The van der Waals surface area contributed by atoms with E-state index in [4.69, 9.17) is 5.73 Å². The Morgan fingerprint density at radius 2 is 1.60 bits per heavy atom. The highest BCUT2D eigenvalue weighted by Crippen LogP contribution is 2.26. The van der Waals surface area contributed by atoms with Gasteiger partial charge in [-0.3, -0.25) is 0 Å². The molecule has 1 heterocycles. The van der Waals surface area contributed by atoms with Crippen LogP contribution >= 0.6 is 11.5 Å². The average molecular weight is 281 g/mol. The number of aryl methyl sites for hydroxylation is 1. The van der Waals surface area contributed by atoms with Crippen molar-refractivity contribution in [2.24, 2.45) is 5.73 Å². The molecule has 0 saturated carbocycles. The van der Waals surface area contributed by atoms with Gasteiger partial charge in [0, 0.05) is 0 Å². The Morgan fingerprint density at radius 3 is 2.20 bits per heavy atom. The highest BCUT2D eigenvalue weighted by Gasteiger charge is 2.14. The van der Waals surface area contributed by atoms with E-state index in [0.29, 0.717) is 0 Å². The first-order chi connectivity index (χ1) is 9.75. The van der Waals surface area contributed by atoms with Gasteiger partial charge in [0.25, 0.3) is 0 Å². The van der Waals surface area contributed by atoms with Crippen molar-refractivity contribution in [3.8, 4) is 11.1 Å². The topological polar surface area (TPSA) is 51.8 Å². The normalized spacial score (nSPS) is 12.3. The molecule has 2 N–H and O–H groups in total. The highest BCUT2D eigenvalue weighted by atomic mass is 32.1. The number of nitrogens with zero attached hydrogens (tertiary/aromatic N) is 2. The maximum absolute atomic E-state index is 6.28. The molecule has 1 unspecified atom stereocenters. The molecule has 0 radical (unpaired) electrons. The Morgan fingerprint density at radius 1 is 0.950 bits per heavy atom. The van der Waals surface area contributed by atoms with Crippen molar-refractivity contribution in [2.45, 2.75) is 13.0 Å². The molecule has 20 heavy (non-hydrogen) atoms. The second-order valence-electron chi connectivity index (χ2n) is 4.69. The van der Waals surface area contributed by atoms with Gasteiger partial charge in [-0.2, -0.15) is 0 Å². The maximum Gasteiger partial charge on any atom is 0.0776 e. The van der Waals surface area contributed by atoms with E-state index in [0.717, 1.165) is 16.1 Å². The molecule has 0 amide bonds. The van der Waals surface area contributed by atoms with Crippen LogP contribution in [0.4, 0.5) is 0 Å². The Balaban J connectivity index is 1.89. The Labute approximate surface area is 122 Å². The van der Waals surface area contributed by atoms with E-state index >= 15 is 0 Å². The number of hydrogen-bond acceptors (Lipinski definition) is 4. The minimum atomic E-state index is -0.153. The summed E-state index contributed by atoms with van der Waals surface area (Å²) >= 11 is 1.37. The van der Waals surface area contributed by atoms with Gasteiger partial charge in [0.1, 0.15) is 0 Å². The molecule has 0 aliphatic heterocycles. The van der Waals surface area contributed by atoms with Crippen LogP contribution in [0.3, 0.4) is 0 Å². The molecule has 0 bridgehead atoms. The summed E-state index contributed by atoms with van der Waals surface area (Å²) in [6.07, 6.45) is 0. The van der Waals surface area contributed by atoms with Crippen LogP contribution in [0.15, 0.2) is 54.6 Å². The van der Waals surface area contributed by atoms with Crippen LogP contribution in [0, 0.1) is 6.92 Å². The molecule has 100 valence electrons. The average Bonchev–Trinajstić information content (AvgIpc) is 2.94. The monoisotopic (exact) mass is 281 g/mol. The van der Waals surface area contributed by atoms with Crippen molar-refractivity contribution in [3.63, 3.8) is 0 Å². The SMILES string of the molecule is Cc1nnsc1C(N)c1ccc(-c2ccccc2)cc1. The first-order valence-electron chi connectivity index (χ1n) is 6.45. The second kappa shape index (κ2) is 5.53. The standard InChI is InChI=1S/C16H15N3S/c1-11-16(20-19-18-11)15(17)14-9-7-13(8-10-14)12-5-3-2-4-6-12/h2-10,15H,17H2,1H3. The predicted octanol–water partition coefficient (Wildman–Crippen LogP) is 3.56. The van der Waals surface area contributed by atoms with Crippen molar-refractivity contribution >= 4 is 11.5 Å². The van der Waals surface area contributed by atoms with Crippen LogP contribution in [-0.4, -0.2) is 9.59 Å². The third kappa shape index (κ3) is 2.48. The molecule has 1 aromatic heterocycles. The molecule has 3 rings (SSSR count). The summed E-state index contributed by atoms with van der Waals surface area (Å²) in [6, 6.07) is 18.5. The lowest BCUT2D eigenvalue weighted by Gasteiger charge is -2.11. The number of rotatable bonds is 3. The smallest absolute Gasteiger partial charge is 0.0776 e. The van der Waals surface area contributed by atoms with E-state index < -0.39 is 0 Å². The molecule has 0 saturated heterocycles. The fraction of sp³-hybridized carbons (Fsp3) is 0.125. The minimum Gasteiger partial charge on any atom is -0.320 e. The molecule has 0 fully saturated rings. The van der Waals surface area contributed by atoms with Crippen LogP contribution < -0.4 is 5.73 Å². The Kier molecular flexibility index (Phi) is 3.58. The zero-order chi connectivity index (χ0) is 13.9. The van der Waals surface area contributed by atoms with Crippen molar-refractivity contribution in [2.75, 3.05) is 0 Å². The molecule has 2 aromatic carbocycles. The van der Waals surface area contributed by atoms with Crippen LogP contribution in [0.1, 0.15) is 22.2 Å². The second-order valence-corrected chi connectivity index (χ2v) is 5.47. The lowest BCUT2D eigenvalue weighted by Crippen LogP contribution is -2.11. The molecule has 4 heteroatoms. The van der Waals surface area contributed by atoms with Gasteiger partial charge in [0.2, 0.25) is 0 Å². The zero-order valence-corrected chi connectivity index (χ0v) is 12.0. The molecule has 3 aromatic rings. The van der Waals surface area contributed by atoms with Gasteiger partial charge in [-0.25, -0.2) is 0 Å². The van der Waals surface area contributed by atoms with Crippen LogP contribution in [0.25, 0.3) is 11.1 Å². The van der Waals surface area contributed by atoms with Crippen LogP contribution in [-0.2, 0) is 0 Å². The van der Waals surface area contributed by atoms with Gasteiger partial charge in [-0.05, 0) is 35.1 Å². The summed E-state index contributed by atoms with van der Waals surface area (Å²) in [7, 11) is 0. The van der Waals surface area contributed by atoms with E-state index in [9.17, 15) is 0 Å². The van der Waals surface area contributed by atoms with E-state index in [-0.39, 0.29) is 6.04 Å². The van der Waals surface area contributed by atoms with E-state index in [1.807, 2.05) is 25.1 Å². The summed E-state index contributed by atoms with van der Waals surface area (Å²) in [5, 5.41) is 4.02. The summed E-state index contributed by atoms with van der Waals surface area (Å²) in [5.74, 6) is 0. The third-order valence-electron chi connectivity index (χ3n) is 3.35. The maximum atomic E-state index is 6.28. The zero-order valence-electron chi connectivity index (χ0n) is 11.2. The third-order valence-corrected chi connectivity index (χ3v) is 4.26. The minimum absolute atomic E-state index is 0.153. The quantitative estimate of drug-likeness (QED) is 0.798. The van der Waals surface area contributed by atoms with Crippen molar-refractivity contribution in [3.05, 3.63) is 70.7 Å². The lowest BCUT2D eigenvalue weighted by atomic mass is 10.00. The number of benzene rings is 2. The highest BCUT2D eigenvalue weighted by molar-refractivity contribution is 7.05. The van der Waals surface area contributed by atoms with E-state index in [1.54, 1.807) is 0 Å². The van der Waals surface area contributed by atoms with Crippen molar-refractivity contribution < 1.29 is 0 Å². The lowest BCUT2D eigenvalue weighted by molar-refractivity contribution is 0.874. The molecule has 0 spiro atoms. The van der Waals surface area contributed by atoms with Gasteiger partial charge in [-0.1, -0.05) is 59.1 Å². The van der Waals surface area contributed by atoms with E-state index in [1.165, 1.54) is 22.7 Å². The molecular weight excluding hydrogens is 266 g/mol. The molecule has 1 atom stereocenters. The van der Waals surface area contributed by atoms with Gasteiger partial charge in [0.05, 0.1) is 16.6 Å². The van der Waals surface area contributed by atoms with Gasteiger partial charge >= 0.3 is 0 Å². The number of aromatic nitrogens is 2. The fourth-order valence-electron chi connectivity index (χ4n) is 2.19. The molecular formula is C16H15N3S. The van der Waals surface area contributed by atoms with E-state index in [2.05, 4.69) is 46.0 Å². The molecule has 3 nitrogen and oxygen atoms in total. The first kappa shape index (κ1) is 13.0. The Bertz CT molecular complexity index is 689. The van der Waals surface area contributed by atoms with Gasteiger partial charge in [-0.15, -0.1) is 5.10 Å². The Hall–Kier alpha value is -2.04. The van der Waals surface area contributed by atoms with Crippen LogP contribution in [0.5, 0.6) is 0 Å². The van der Waals surface area contributed by atoms with Crippen molar-refractivity contribution in [1.29, 1.82) is 0 Å². The largest absolute Gasteiger partial charge is 0.320 e. The van der Waals surface area contributed by atoms with Gasteiger partial charge in [0.15, 0.2) is 0 Å². The number of nitrogens with two attached hydrogens (primary N) is 1. The first-order valence-corrected chi connectivity index (χ1v) is 7.23. The summed E-state index contributed by atoms with van der Waals surface area (Å²) < 4.78 is 3.95.